The van der Waals surface area contributed by atoms with Crippen molar-refractivity contribution < 1.29 is 4.39 Å². The first-order valence-electron chi connectivity index (χ1n) is 6.72. The summed E-state index contributed by atoms with van der Waals surface area (Å²) in [5, 5.41) is 6.76. The highest BCUT2D eigenvalue weighted by molar-refractivity contribution is 7.09. The smallest absolute Gasteiger partial charge is 0.128 e. The molecule has 0 saturated carbocycles. The van der Waals surface area contributed by atoms with Crippen molar-refractivity contribution in [3.63, 3.8) is 0 Å². The van der Waals surface area contributed by atoms with Gasteiger partial charge < -0.3 is 5.32 Å². The van der Waals surface area contributed by atoms with Crippen molar-refractivity contribution in [2.45, 2.75) is 32.7 Å². The first kappa shape index (κ1) is 15.4. The van der Waals surface area contributed by atoms with Crippen molar-refractivity contribution in [3.8, 4) is 0 Å². The van der Waals surface area contributed by atoms with Gasteiger partial charge in [0.25, 0.3) is 0 Å². The predicted molar refractivity (Wildman–Crippen MR) is 83.0 cm³/mol. The lowest BCUT2D eigenvalue weighted by molar-refractivity contribution is 0.559. The minimum absolute atomic E-state index is 0.219. The van der Waals surface area contributed by atoms with E-state index in [4.69, 9.17) is 11.6 Å². The van der Waals surface area contributed by atoms with Gasteiger partial charge in [-0.15, -0.1) is 11.3 Å². The van der Waals surface area contributed by atoms with Crippen LogP contribution in [0.4, 0.5) is 4.39 Å². The van der Waals surface area contributed by atoms with Gasteiger partial charge in [-0.3, -0.25) is 0 Å². The number of nitrogens with zero attached hydrogens (tertiary/aromatic N) is 1. The normalized spacial score (nSPS) is 12.6. The summed E-state index contributed by atoms with van der Waals surface area (Å²) < 4.78 is 13.7. The molecule has 108 valence electrons. The molecule has 0 spiro atoms. The molecule has 1 N–H and O–H groups in total. The highest BCUT2D eigenvalue weighted by Gasteiger charge is 2.13. The number of halogens is 2. The number of aromatic nitrogens is 1. The van der Waals surface area contributed by atoms with Crippen molar-refractivity contribution in [1.82, 2.24) is 10.3 Å². The Bertz CT molecular complexity index is 551. The van der Waals surface area contributed by atoms with Gasteiger partial charge in [0.15, 0.2) is 0 Å². The van der Waals surface area contributed by atoms with E-state index in [2.05, 4.69) is 24.1 Å². The highest BCUT2D eigenvalue weighted by atomic mass is 35.5. The van der Waals surface area contributed by atoms with Crippen molar-refractivity contribution in [1.29, 1.82) is 0 Å². The average Bonchev–Trinajstić information content (AvgIpc) is 2.89. The Morgan fingerprint density at radius 2 is 2.25 bits per heavy atom. The molecule has 0 aliphatic heterocycles. The molecule has 0 amide bonds. The van der Waals surface area contributed by atoms with Crippen LogP contribution in [0.2, 0.25) is 5.02 Å². The summed E-state index contributed by atoms with van der Waals surface area (Å²) in [6.45, 7) is 5.18. The molecule has 20 heavy (non-hydrogen) atoms. The van der Waals surface area contributed by atoms with Crippen LogP contribution < -0.4 is 5.32 Å². The van der Waals surface area contributed by atoms with Gasteiger partial charge in [-0.25, -0.2) is 9.37 Å². The molecule has 0 aliphatic carbocycles. The summed E-state index contributed by atoms with van der Waals surface area (Å²) >= 11 is 7.59. The maximum absolute atomic E-state index is 13.7. The third kappa shape index (κ3) is 3.78. The first-order valence-corrected chi connectivity index (χ1v) is 7.98. The molecule has 2 aromatic rings. The quantitative estimate of drug-likeness (QED) is 0.844. The number of nitrogens with one attached hydrogen (secondary N) is 1. The molecule has 1 heterocycles. The lowest BCUT2D eigenvalue weighted by atomic mass is 10.1. The van der Waals surface area contributed by atoms with Crippen molar-refractivity contribution in [2.24, 2.45) is 0 Å². The van der Waals surface area contributed by atoms with E-state index in [-0.39, 0.29) is 11.9 Å². The number of hydrogen-bond acceptors (Lipinski definition) is 3. The van der Waals surface area contributed by atoms with Gasteiger partial charge in [-0.05, 0) is 32.0 Å². The van der Waals surface area contributed by atoms with Crippen LogP contribution in [0.25, 0.3) is 0 Å². The van der Waals surface area contributed by atoms with Crippen molar-refractivity contribution in [2.75, 3.05) is 6.54 Å². The monoisotopic (exact) mass is 312 g/mol. The number of thiazole rings is 1. The van der Waals surface area contributed by atoms with Crippen LogP contribution in [-0.2, 0) is 6.42 Å². The van der Waals surface area contributed by atoms with Crippen LogP contribution in [0.3, 0.4) is 0 Å². The fourth-order valence-corrected chi connectivity index (χ4v) is 3.05. The fourth-order valence-electron chi connectivity index (χ4n) is 1.92. The molecule has 0 radical (unpaired) electrons. The van der Waals surface area contributed by atoms with E-state index in [9.17, 15) is 4.39 Å². The molecule has 0 bridgehead atoms. The second kappa shape index (κ2) is 7.16. The minimum atomic E-state index is -0.272. The van der Waals surface area contributed by atoms with E-state index < -0.39 is 0 Å². The summed E-state index contributed by atoms with van der Waals surface area (Å²) in [5.41, 5.74) is 1.52. The maximum atomic E-state index is 13.7. The summed E-state index contributed by atoms with van der Waals surface area (Å²) in [6, 6.07) is 4.97. The third-order valence-electron chi connectivity index (χ3n) is 3.10. The summed E-state index contributed by atoms with van der Waals surface area (Å²) in [7, 11) is 0. The first-order chi connectivity index (χ1) is 9.61. The van der Waals surface area contributed by atoms with E-state index in [0.717, 1.165) is 23.7 Å². The van der Waals surface area contributed by atoms with Crippen LogP contribution >= 0.6 is 22.9 Å². The number of benzene rings is 1. The average molecular weight is 313 g/mol. The Balaban J connectivity index is 2.10. The minimum Gasteiger partial charge on any atom is -0.309 e. The van der Waals surface area contributed by atoms with Gasteiger partial charge in [0.1, 0.15) is 5.82 Å². The Labute approximate surface area is 128 Å². The van der Waals surface area contributed by atoms with Crippen molar-refractivity contribution in [3.05, 3.63) is 50.7 Å². The van der Waals surface area contributed by atoms with Gasteiger partial charge >= 0.3 is 0 Å². The van der Waals surface area contributed by atoms with Crippen LogP contribution in [0, 0.1) is 5.82 Å². The molecule has 1 atom stereocenters. The zero-order chi connectivity index (χ0) is 14.5. The lowest BCUT2D eigenvalue weighted by Gasteiger charge is -2.09. The van der Waals surface area contributed by atoms with Gasteiger partial charge in [0.2, 0.25) is 0 Å². The molecule has 2 nitrogen and oxygen atoms in total. The molecular formula is C15H18ClFN2S. The molecule has 0 saturated heterocycles. The molecule has 1 aromatic heterocycles. The zero-order valence-corrected chi connectivity index (χ0v) is 13.2. The SMILES string of the molecule is CCCNC(C)c1csc(Cc2c(F)cccc2Cl)n1. The Kier molecular flexibility index (Phi) is 5.52. The Hall–Kier alpha value is -0.970. The number of rotatable bonds is 6. The molecule has 1 aromatic carbocycles. The van der Waals surface area contributed by atoms with E-state index >= 15 is 0 Å². The van der Waals surface area contributed by atoms with Gasteiger partial charge in [-0.2, -0.15) is 0 Å². The van der Waals surface area contributed by atoms with Crippen LogP contribution in [-0.4, -0.2) is 11.5 Å². The van der Waals surface area contributed by atoms with Gasteiger partial charge in [0, 0.05) is 28.4 Å². The second-order valence-electron chi connectivity index (χ2n) is 4.72. The summed E-state index contributed by atoms with van der Waals surface area (Å²) in [4.78, 5) is 4.57. The van der Waals surface area contributed by atoms with E-state index in [1.54, 1.807) is 23.5 Å². The van der Waals surface area contributed by atoms with Crippen LogP contribution in [0.1, 0.15) is 42.6 Å². The van der Waals surface area contributed by atoms with Gasteiger partial charge in [0.05, 0.1) is 10.7 Å². The molecule has 5 heteroatoms. The lowest BCUT2D eigenvalue weighted by Crippen LogP contribution is -2.19. The second-order valence-corrected chi connectivity index (χ2v) is 6.07. The summed E-state index contributed by atoms with van der Waals surface area (Å²) in [6.07, 6.45) is 1.53. The Morgan fingerprint density at radius 1 is 1.45 bits per heavy atom. The van der Waals surface area contributed by atoms with Crippen LogP contribution in [0.15, 0.2) is 23.6 Å². The van der Waals surface area contributed by atoms with E-state index in [1.807, 2.05) is 5.38 Å². The zero-order valence-electron chi connectivity index (χ0n) is 11.6. The summed E-state index contributed by atoms with van der Waals surface area (Å²) in [5.74, 6) is -0.272. The standard InChI is InChI=1S/C15H18ClFN2S/c1-3-7-18-10(2)14-9-20-15(19-14)8-11-12(16)5-4-6-13(11)17/h4-6,9-10,18H,3,7-8H2,1-2H3. The molecule has 0 fully saturated rings. The van der Waals surface area contributed by atoms with E-state index in [0.29, 0.717) is 17.0 Å². The predicted octanol–water partition coefficient (Wildman–Crippen LogP) is 4.59. The fraction of sp³-hybridized carbons (Fsp3) is 0.400. The molecular weight excluding hydrogens is 295 g/mol. The maximum Gasteiger partial charge on any atom is 0.128 e. The molecule has 2 rings (SSSR count). The largest absolute Gasteiger partial charge is 0.309 e. The third-order valence-corrected chi connectivity index (χ3v) is 4.32. The van der Waals surface area contributed by atoms with Crippen LogP contribution in [0.5, 0.6) is 0 Å². The highest BCUT2D eigenvalue weighted by Crippen LogP contribution is 2.25. The number of hydrogen-bond donors (Lipinski definition) is 1. The van der Waals surface area contributed by atoms with E-state index in [1.165, 1.54) is 6.07 Å². The van der Waals surface area contributed by atoms with Gasteiger partial charge in [-0.1, -0.05) is 24.6 Å². The Morgan fingerprint density at radius 3 is 2.95 bits per heavy atom. The topological polar surface area (TPSA) is 24.9 Å². The van der Waals surface area contributed by atoms with Crippen molar-refractivity contribution >= 4 is 22.9 Å². The molecule has 1 unspecified atom stereocenters. The molecule has 0 aliphatic rings.